The first kappa shape index (κ1) is 16.6. The Bertz CT molecular complexity index is 1100. The topological polar surface area (TPSA) is 78.5 Å². The van der Waals surface area contributed by atoms with Gasteiger partial charge in [-0.25, -0.2) is 4.98 Å². The highest BCUT2D eigenvalue weighted by molar-refractivity contribution is 7.99. The van der Waals surface area contributed by atoms with Crippen molar-refractivity contribution < 1.29 is 9.59 Å². The first-order valence-corrected chi connectivity index (χ1v) is 9.35. The van der Waals surface area contributed by atoms with Crippen molar-refractivity contribution in [2.45, 2.75) is 24.8 Å². The van der Waals surface area contributed by atoms with Crippen molar-refractivity contribution in [1.82, 2.24) is 14.3 Å². The summed E-state index contributed by atoms with van der Waals surface area (Å²) in [5.74, 6) is -0.0829. The number of imide groups is 1. The molecular formula is C19H16N4O2S. The second-order valence-corrected chi connectivity index (χ2v) is 7.24. The molecule has 0 radical (unpaired) electrons. The van der Waals surface area contributed by atoms with E-state index >= 15 is 0 Å². The van der Waals surface area contributed by atoms with E-state index in [1.807, 2.05) is 41.7 Å². The summed E-state index contributed by atoms with van der Waals surface area (Å²) in [6.07, 6.45) is 1.18. The van der Waals surface area contributed by atoms with Gasteiger partial charge in [0.15, 0.2) is 5.65 Å². The van der Waals surface area contributed by atoms with E-state index in [0.29, 0.717) is 24.2 Å². The number of aromatic nitrogens is 2. The second kappa shape index (κ2) is 6.46. The SMILES string of the molecule is Cc1cc(SCC(=O)N2CCCC2=O)n2c(nc3ccccc32)c1C#N. The molecule has 2 aromatic heterocycles. The predicted octanol–water partition coefficient (Wildman–Crippen LogP) is 2.91. The Morgan fingerprint density at radius 3 is 2.92 bits per heavy atom. The minimum absolute atomic E-state index is 0.0927. The number of thioether (sulfide) groups is 1. The number of nitrogens with zero attached hydrogens (tertiary/aromatic N) is 4. The quantitative estimate of drug-likeness (QED) is 0.668. The van der Waals surface area contributed by atoms with Gasteiger partial charge in [0.2, 0.25) is 11.8 Å². The zero-order valence-electron chi connectivity index (χ0n) is 14.2. The average molecular weight is 364 g/mol. The molecule has 1 aliphatic heterocycles. The zero-order chi connectivity index (χ0) is 18.3. The highest BCUT2D eigenvalue weighted by Crippen LogP contribution is 2.29. The number of benzene rings is 1. The van der Waals surface area contributed by atoms with Gasteiger partial charge in [0.25, 0.3) is 0 Å². The van der Waals surface area contributed by atoms with Crippen LogP contribution < -0.4 is 0 Å². The maximum absolute atomic E-state index is 12.4. The van der Waals surface area contributed by atoms with Crippen molar-refractivity contribution in [3.63, 3.8) is 0 Å². The Morgan fingerprint density at radius 2 is 2.19 bits per heavy atom. The zero-order valence-corrected chi connectivity index (χ0v) is 15.0. The summed E-state index contributed by atoms with van der Waals surface area (Å²) in [5, 5.41) is 10.4. The number of carbonyl (C=O) groups is 2. The predicted molar refractivity (Wildman–Crippen MR) is 98.8 cm³/mol. The average Bonchev–Trinajstić information content (AvgIpc) is 3.23. The summed E-state index contributed by atoms with van der Waals surface area (Å²) in [5.41, 5.74) is 3.65. The molecule has 4 rings (SSSR count). The fourth-order valence-electron chi connectivity index (χ4n) is 3.28. The van der Waals surface area contributed by atoms with Gasteiger partial charge in [0.05, 0.1) is 27.4 Å². The van der Waals surface area contributed by atoms with Gasteiger partial charge in [-0.15, -0.1) is 0 Å². The first-order chi connectivity index (χ1) is 12.6. The molecule has 26 heavy (non-hydrogen) atoms. The Hall–Kier alpha value is -2.85. The third-order valence-corrected chi connectivity index (χ3v) is 5.56. The van der Waals surface area contributed by atoms with Crippen LogP contribution in [0.5, 0.6) is 0 Å². The third-order valence-electron chi connectivity index (χ3n) is 4.57. The normalized spacial score (nSPS) is 14.3. The summed E-state index contributed by atoms with van der Waals surface area (Å²) in [6.45, 7) is 2.38. The van der Waals surface area contributed by atoms with E-state index in [2.05, 4.69) is 11.1 Å². The second-order valence-electron chi connectivity index (χ2n) is 6.24. The fraction of sp³-hybridized carbons (Fsp3) is 0.263. The minimum Gasteiger partial charge on any atom is -0.286 e. The molecule has 0 spiro atoms. The van der Waals surface area contributed by atoms with Gasteiger partial charge < -0.3 is 0 Å². The van der Waals surface area contributed by atoms with Crippen LogP contribution in [0.4, 0.5) is 0 Å². The number of hydrogen-bond donors (Lipinski definition) is 0. The molecule has 1 aromatic carbocycles. The minimum atomic E-state index is -0.169. The molecule has 6 nitrogen and oxygen atoms in total. The van der Waals surface area contributed by atoms with E-state index in [1.54, 1.807) is 0 Å². The molecule has 1 fully saturated rings. The molecule has 0 atom stereocenters. The van der Waals surface area contributed by atoms with Crippen molar-refractivity contribution in [2.24, 2.45) is 0 Å². The lowest BCUT2D eigenvalue weighted by Crippen LogP contribution is -2.33. The molecule has 3 heterocycles. The van der Waals surface area contributed by atoms with Crippen LogP contribution in [0, 0.1) is 18.3 Å². The number of hydrogen-bond acceptors (Lipinski definition) is 5. The number of imidazole rings is 1. The van der Waals surface area contributed by atoms with E-state index in [1.165, 1.54) is 16.7 Å². The van der Waals surface area contributed by atoms with E-state index < -0.39 is 0 Å². The number of rotatable bonds is 3. The van der Waals surface area contributed by atoms with Gasteiger partial charge in [0.1, 0.15) is 6.07 Å². The van der Waals surface area contributed by atoms with Gasteiger partial charge in [0, 0.05) is 13.0 Å². The molecule has 7 heteroatoms. The van der Waals surface area contributed by atoms with Gasteiger partial charge in [-0.2, -0.15) is 5.26 Å². The van der Waals surface area contributed by atoms with Gasteiger partial charge in [-0.05, 0) is 37.1 Å². The third kappa shape index (κ3) is 2.63. The molecule has 0 aliphatic carbocycles. The molecule has 0 N–H and O–H groups in total. The monoisotopic (exact) mass is 364 g/mol. The first-order valence-electron chi connectivity index (χ1n) is 8.37. The van der Waals surface area contributed by atoms with Crippen LogP contribution in [0.1, 0.15) is 24.0 Å². The number of fused-ring (bicyclic) bond motifs is 3. The Kier molecular flexibility index (Phi) is 4.13. The lowest BCUT2D eigenvalue weighted by Gasteiger charge is -2.14. The van der Waals surface area contributed by atoms with Crippen LogP contribution in [0.3, 0.4) is 0 Å². The fourth-order valence-corrected chi connectivity index (χ4v) is 4.29. The Labute approximate surface area is 154 Å². The van der Waals surface area contributed by atoms with Gasteiger partial charge in [-0.1, -0.05) is 23.9 Å². The maximum atomic E-state index is 12.4. The lowest BCUT2D eigenvalue weighted by molar-refractivity contribution is -0.140. The molecule has 3 aromatic rings. The molecule has 0 unspecified atom stereocenters. The number of pyridine rings is 1. The van der Waals surface area contributed by atoms with Crippen LogP contribution in [0.2, 0.25) is 0 Å². The highest BCUT2D eigenvalue weighted by Gasteiger charge is 2.26. The van der Waals surface area contributed by atoms with Crippen LogP contribution >= 0.6 is 11.8 Å². The summed E-state index contributed by atoms with van der Waals surface area (Å²) >= 11 is 1.37. The molecular weight excluding hydrogens is 348 g/mol. The van der Waals surface area contributed by atoms with Crippen LogP contribution in [-0.4, -0.2) is 38.4 Å². The van der Waals surface area contributed by atoms with Crippen LogP contribution in [-0.2, 0) is 9.59 Å². The number of likely N-dealkylation sites (tertiary alicyclic amines) is 1. The van der Waals surface area contributed by atoms with E-state index in [0.717, 1.165) is 28.0 Å². The Morgan fingerprint density at radius 1 is 1.38 bits per heavy atom. The summed E-state index contributed by atoms with van der Waals surface area (Å²) in [7, 11) is 0. The van der Waals surface area contributed by atoms with Crippen LogP contribution in [0.15, 0.2) is 35.4 Å². The molecule has 0 saturated carbocycles. The van der Waals surface area contributed by atoms with Gasteiger partial charge >= 0.3 is 0 Å². The molecule has 130 valence electrons. The molecule has 1 saturated heterocycles. The van der Waals surface area contributed by atoms with Crippen molar-refractivity contribution in [1.29, 1.82) is 5.26 Å². The molecule has 1 aliphatic rings. The van der Waals surface area contributed by atoms with Crippen molar-refractivity contribution in [2.75, 3.05) is 12.3 Å². The number of amides is 2. The number of nitriles is 1. The lowest BCUT2D eigenvalue weighted by atomic mass is 10.2. The van der Waals surface area contributed by atoms with E-state index in [9.17, 15) is 14.9 Å². The highest BCUT2D eigenvalue weighted by atomic mass is 32.2. The van der Waals surface area contributed by atoms with E-state index in [-0.39, 0.29) is 17.6 Å². The largest absolute Gasteiger partial charge is 0.286 e. The van der Waals surface area contributed by atoms with E-state index in [4.69, 9.17) is 0 Å². The van der Waals surface area contributed by atoms with Crippen molar-refractivity contribution >= 4 is 40.3 Å². The van der Waals surface area contributed by atoms with Crippen LogP contribution in [0.25, 0.3) is 16.7 Å². The number of aryl methyl sites for hydroxylation is 1. The van der Waals surface area contributed by atoms with Crippen molar-refractivity contribution in [3.8, 4) is 6.07 Å². The smallest absolute Gasteiger partial charge is 0.239 e. The molecule has 0 bridgehead atoms. The summed E-state index contributed by atoms with van der Waals surface area (Å²) in [4.78, 5) is 30.1. The Balaban J connectivity index is 1.76. The summed E-state index contributed by atoms with van der Waals surface area (Å²) in [6, 6.07) is 11.8. The van der Waals surface area contributed by atoms with Crippen molar-refractivity contribution in [3.05, 3.63) is 41.5 Å². The van der Waals surface area contributed by atoms with Gasteiger partial charge in [-0.3, -0.25) is 18.9 Å². The maximum Gasteiger partial charge on any atom is 0.239 e. The summed E-state index contributed by atoms with van der Waals surface area (Å²) < 4.78 is 1.92. The number of carbonyl (C=O) groups excluding carboxylic acids is 2. The molecule has 2 amide bonds. The number of para-hydroxylation sites is 2. The standard InChI is InChI=1S/C19H16N4O2S/c1-12-9-18(26-11-17(25)22-8-4-7-16(22)24)23-15-6-3-2-5-14(15)21-19(23)13(12)10-20/h2-3,5-6,9H,4,7-8,11H2,1H3.